The molecule has 1 heteroatoms. The molecule has 0 bridgehead atoms. The molecule has 2 aromatic carbocycles. The van der Waals surface area contributed by atoms with Gasteiger partial charge in [0.05, 0.1) is 12.3 Å². The van der Waals surface area contributed by atoms with Gasteiger partial charge in [0, 0.05) is 13.0 Å². The summed E-state index contributed by atoms with van der Waals surface area (Å²) in [6.07, 6.45) is 6.63. The third-order valence-corrected chi connectivity index (χ3v) is 6.85. The average molecular weight is 388 g/mol. The first-order valence-corrected chi connectivity index (χ1v) is 11.2. The first-order chi connectivity index (χ1) is 14.2. The zero-order chi connectivity index (χ0) is 21.6. The molecule has 1 nitrogen and oxygen atoms in total. The molecule has 0 radical (unpaired) electrons. The lowest BCUT2D eigenvalue weighted by Crippen LogP contribution is -2.35. The van der Waals surface area contributed by atoms with Crippen LogP contribution in [0.1, 0.15) is 70.2 Å². The predicted octanol–water partition coefficient (Wildman–Crippen LogP) is 6.98. The number of benzene rings is 2. The number of hydrogen-bond donors (Lipinski definition) is 0. The van der Waals surface area contributed by atoms with Crippen LogP contribution < -0.4 is 4.57 Å². The van der Waals surface area contributed by atoms with Gasteiger partial charge in [0.15, 0.2) is 5.69 Å². The summed E-state index contributed by atoms with van der Waals surface area (Å²) in [6.45, 7) is 11.1. The Morgan fingerprint density at radius 2 is 1.76 bits per heavy atom. The molecule has 1 heterocycles. The maximum atomic E-state index is 8.84. The van der Waals surface area contributed by atoms with Crippen LogP contribution in [0.25, 0.3) is 22.0 Å². The van der Waals surface area contributed by atoms with Crippen LogP contribution in [0, 0.1) is 19.8 Å². The van der Waals surface area contributed by atoms with Gasteiger partial charge in [-0.3, -0.25) is 0 Å². The number of aromatic nitrogens is 1. The Hall–Kier alpha value is -2.15. The van der Waals surface area contributed by atoms with Crippen molar-refractivity contribution in [2.24, 2.45) is 13.0 Å². The fraction of sp³-hybridized carbons (Fsp3) is 0.464. The molecule has 0 atom stereocenters. The predicted molar refractivity (Wildman–Crippen MR) is 124 cm³/mol. The summed E-state index contributed by atoms with van der Waals surface area (Å²) < 4.78 is 11.1. The van der Waals surface area contributed by atoms with Crippen molar-refractivity contribution in [1.82, 2.24) is 0 Å². The minimum absolute atomic E-state index is 0.107. The Kier molecular flexibility index (Phi) is 4.94. The molecular formula is C28H36N+. The number of hydrogen-bond acceptors (Lipinski definition) is 0. The maximum Gasteiger partial charge on any atom is 0.220 e. The third kappa shape index (κ3) is 3.97. The van der Waals surface area contributed by atoms with E-state index >= 15 is 0 Å². The van der Waals surface area contributed by atoms with Crippen LogP contribution in [0.3, 0.4) is 0 Å². The van der Waals surface area contributed by atoms with Crippen LogP contribution in [-0.4, -0.2) is 0 Å². The molecule has 4 rings (SSSR count). The molecule has 0 N–H and O–H groups in total. The standard InChI is InChI=1S/C28H36N/c1-19-11-13-24(28(3,4)5)18-26(19)27-25-14-12-22(16-21-9-7-8-10-21)17-23(25)15-20(2)29(27)6/h11-15,17-18,21H,7-10,16H2,1-6H3/q+1/i15D. The van der Waals surface area contributed by atoms with E-state index in [4.69, 9.17) is 1.37 Å². The van der Waals surface area contributed by atoms with E-state index in [9.17, 15) is 0 Å². The van der Waals surface area contributed by atoms with Crippen molar-refractivity contribution in [2.45, 2.75) is 72.1 Å². The quantitative estimate of drug-likeness (QED) is 0.427. The second kappa shape index (κ2) is 7.59. The third-order valence-electron chi connectivity index (χ3n) is 6.85. The van der Waals surface area contributed by atoms with E-state index in [0.717, 1.165) is 23.4 Å². The maximum absolute atomic E-state index is 8.84. The summed E-state index contributed by atoms with van der Waals surface area (Å²) in [7, 11) is 2.11. The largest absolute Gasteiger partial charge is 0.220 e. The zero-order valence-corrected chi connectivity index (χ0v) is 19.0. The van der Waals surface area contributed by atoms with E-state index < -0.39 is 0 Å². The van der Waals surface area contributed by atoms with Crippen LogP contribution in [-0.2, 0) is 18.9 Å². The number of pyridine rings is 1. The van der Waals surface area contributed by atoms with E-state index in [1.807, 2.05) is 0 Å². The highest BCUT2D eigenvalue weighted by Crippen LogP contribution is 2.34. The Morgan fingerprint density at radius 1 is 1.03 bits per heavy atom. The molecule has 1 aliphatic carbocycles. The van der Waals surface area contributed by atoms with Gasteiger partial charge in [-0.1, -0.05) is 70.7 Å². The summed E-state index contributed by atoms with van der Waals surface area (Å²) in [5.41, 5.74) is 7.67. The molecule has 0 unspecified atom stereocenters. The number of aryl methyl sites for hydroxylation is 1. The van der Waals surface area contributed by atoms with Gasteiger partial charge in [0.1, 0.15) is 7.05 Å². The highest BCUT2D eigenvalue weighted by molar-refractivity contribution is 5.94. The van der Waals surface area contributed by atoms with Crippen molar-refractivity contribution in [3.05, 3.63) is 64.8 Å². The van der Waals surface area contributed by atoms with E-state index in [0.29, 0.717) is 6.04 Å². The summed E-state index contributed by atoms with van der Waals surface area (Å²) in [6, 6.07) is 14.4. The molecule has 152 valence electrons. The van der Waals surface area contributed by atoms with E-state index in [-0.39, 0.29) is 5.41 Å². The molecule has 0 amide bonds. The fourth-order valence-electron chi connectivity index (χ4n) is 4.87. The fourth-order valence-corrected chi connectivity index (χ4v) is 4.87. The summed E-state index contributed by atoms with van der Waals surface area (Å²) >= 11 is 0. The minimum Gasteiger partial charge on any atom is -0.198 e. The van der Waals surface area contributed by atoms with Gasteiger partial charge >= 0.3 is 0 Å². The normalized spacial score (nSPS) is 15.9. The second-order valence-corrected chi connectivity index (χ2v) is 10.1. The number of nitrogens with zero attached hydrogens (tertiary/aromatic N) is 1. The van der Waals surface area contributed by atoms with Crippen LogP contribution in [0.5, 0.6) is 0 Å². The van der Waals surface area contributed by atoms with E-state index in [1.54, 1.807) is 0 Å². The van der Waals surface area contributed by atoms with Crippen LogP contribution in [0.4, 0.5) is 0 Å². The lowest BCUT2D eigenvalue weighted by atomic mass is 9.84. The van der Waals surface area contributed by atoms with Crippen LogP contribution in [0.15, 0.2) is 42.4 Å². The monoisotopic (exact) mass is 387 g/mol. The van der Waals surface area contributed by atoms with Gasteiger partial charge in [-0.25, -0.2) is 0 Å². The highest BCUT2D eigenvalue weighted by atomic mass is 14.9. The van der Waals surface area contributed by atoms with Crippen molar-refractivity contribution in [3.63, 3.8) is 0 Å². The molecule has 0 aliphatic heterocycles. The molecule has 29 heavy (non-hydrogen) atoms. The Bertz CT molecular complexity index is 1100. The smallest absolute Gasteiger partial charge is 0.198 e. The molecular weight excluding hydrogens is 350 g/mol. The van der Waals surface area contributed by atoms with E-state index in [2.05, 4.69) is 82.6 Å². The lowest BCUT2D eigenvalue weighted by molar-refractivity contribution is -0.665. The zero-order valence-electron chi connectivity index (χ0n) is 20.0. The molecule has 1 saturated carbocycles. The Morgan fingerprint density at radius 3 is 2.45 bits per heavy atom. The first-order valence-electron chi connectivity index (χ1n) is 11.7. The van der Waals surface area contributed by atoms with Gasteiger partial charge in [0.25, 0.3) is 0 Å². The first kappa shape index (κ1) is 18.9. The molecule has 3 aromatic rings. The molecule has 1 aromatic heterocycles. The Balaban J connectivity index is 1.92. The number of fused-ring (bicyclic) bond motifs is 1. The topological polar surface area (TPSA) is 3.88 Å². The lowest BCUT2D eigenvalue weighted by Gasteiger charge is -2.21. The van der Waals surface area contributed by atoms with E-state index in [1.165, 1.54) is 59.0 Å². The van der Waals surface area contributed by atoms with Gasteiger partial charge < -0.3 is 0 Å². The van der Waals surface area contributed by atoms with Crippen LogP contribution >= 0.6 is 0 Å². The van der Waals surface area contributed by atoms with Gasteiger partial charge in [-0.15, -0.1) is 0 Å². The minimum atomic E-state index is 0.107. The SMILES string of the molecule is [2H]c1c(C)[n+](C)c(-c2cc(C(C)(C)C)ccc2C)c2ccc(CC3CCCC3)cc12. The average Bonchev–Trinajstić information content (AvgIpc) is 3.20. The van der Waals surface area contributed by atoms with Crippen molar-refractivity contribution in [3.8, 4) is 11.3 Å². The van der Waals surface area contributed by atoms with Gasteiger partial charge in [0.2, 0.25) is 5.69 Å². The molecule has 1 fully saturated rings. The van der Waals surface area contributed by atoms with Gasteiger partial charge in [-0.2, -0.15) is 4.57 Å². The van der Waals surface area contributed by atoms with Crippen LogP contribution in [0.2, 0.25) is 0 Å². The van der Waals surface area contributed by atoms with Crippen molar-refractivity contribution in [2.75, 3.05) is 0 Å². The van der Waals surface area contributed by atoms with Crippen molar-refractivity contribution in [1.29, 1.82) is 0 Å². The van der Waals surface area contributed by atoms with Crippen molar-refractivity contribution < 1.29 is 5.94 Å². The van der Waals surface area contributed by atoms with Crippen molar-refractivity contribution >= 4 is 10.8 Å². The summed E-state index contributed by atoms with van der Waals surface area (Å²) in [5.74, 6) is 0.822. The number of rotatable bonds is 3. The second-order valence-electron chi connectivity index (χ2n) is 10.1. The molecule has 1 aliphatic rings. The summed E-state index contributed by atoms with van der Waals surface area (Å²) in [5, 5.41) is 2.29. The molecule has 0 saturated heterocycles. The summed E-state index contributed by atoms with van der Waals surface area (Å²) in [4.78, 5) is 0. The molecule has 0 spiro atoms. The highest BCUT2D eigenvalue weighted by Gasteiger charge is 2.23. The Labute approximate surface area is 178 Å². The van der Waals surface area contributed by atoms with Gasteiger partial charge in [-0.05, 0) is 58.9 Å².